The first kappa shape index (κ1) is 77.5. The number of rotatable bonds is 26. The van der Waals surface area contributed by atoms with E-state index in [4.69, 9.17) is 47.9 Å². The number of aryl methyl sites for hydroxylation is 1. The predicted molar refractivity (Wildman–Crippen MR) is 421 cm³/mol. The van der Waals surface area contributed by atoms with Crippen LogP contribution in [-0.2, 0) is 44.5 Å². The van der Waals surface area contributed by atoms with Crippen molar-refractivity contribution in [1.29, 1.82) is 5.26 Å². The van der Waals surface area contributed by atoms with Gasteiger partial charge in [0.05, 0.1) is 18.7 Å². The number of nitriles is 1. The van der Waals surface area contributed by atoms with E-state index in [1.165, 1.54) is 42.0 Å². The van der Waals surface area contributed by atoms with E-state index in [0.717, 1.165) is 83.8 Å². The van der Waals surface area contributed by atoms with Crippen LogP contribution in [0.1, 0.15) is 85.9 Å². The highest BCUT2D eigenvalue weighted by Crippen LogP contribution is 2.33. The van der Waals surface area contributed by atoms with Gasteiger partial charge in [-0.3, -0.25) is 0 Å². The van der Waals surface area contributed by atoms with Gasteiger partial charge in [0.25, 0.3) is 0 Å². The number of fused-ring (bicyclic) bond motifs is 2. The molecule has 536 valence electrons. The molecule has 0 aliphatic carbocycles. The average Bonchev–Trinajstić information content (AvgIpc) is 0.754. The molecule has 0 aliphatic rings. The summed E-state index contributed by atoms with van der Waals surface area (Å²) in [7, 11) is 1.60. The second-order valence-electron chi connectivity index (χ2n) is 24.4. The Morgan fingerprint density at radius 1 is 0.383 bits per heavy atom. The Morgan fingerprint density at radius 2 is 0.720 bits per heavy atom. The first-order chi connectivity index (χ1) is 52.0. The molecular weight excluding hydrogens is 1340 g/mol. The molecule has 0 radical (unpaired) electrons. The largest absolute Gasteiger partial charge is 0.497 e. The van der Waals surface area contributed by atoms with E-state index in [1.807, 2.05) is 121 Å². The summed E-state index contributed by atoms with van der Waals surface area (Å²) in [4.78, 5) is 46.0. The maximum absolute atomic E-state index is 11.9. The van der Waals surface area contributed by atoms with E-state index in [2.05, 4.69) is 141 Å². The smallest absolute Gasteiger partial charge is 0.335 e. The lowest BCUT2D eigenvalue weighted by molar-refractivity contribution is -0.146. The van der Waals surface area contributed by atoms with Crippen molar-refractivity contribution in [3.8, 4) is 91.9 Å². The Morgan fingerprint density at radius 3 is 1.08 bits per heavy atom. The molecule has 11 rings (SSSR count). The van der Waals surface area contributed by atoms with Gasteiger partial charge in [-0.25, -0.2) is 19.2 Å². The molecule has 0 bridgehead atoms. The van der Waals surface area contributed by atoms with Crippen LogP contribution in [-0.4, -0.2) is 64.6 Å². The van der Waals surface area contributed by atoms with E-state index in [0.29, 0.717) is 45.3 Å². The second-order valence-corrected chi connectivity index (χ2v) is 24.4. The van der Waals surface area contributed by atoms with Crippen LogP contribution in [0.15, 0.2) is 285 Å². The number of carbonyl (C=O) groups is 4. The fraction of sp³-hybridized carbons (Fsp3) is 0.151. The number of hydrogen-bond donors (Lipinski definition) is 0. The van der Waals surface area contributed by atoms with Gasteiger partial charge in [-0.15, -0.1) is 0 Å². The molecule has 0 atom stereocenters. The summed E-state index contributed by atoms with van der Waals surface area (Å²) >= 11 is 0. The number of esters is 4. The highest BCUT2D eigenvalue weighted by Gasteiger charge is 2.13. The van der Waals surface area contributed by atoms with Gasteiger partial charge >= 0.3 is 23.9 Å². The summed E-state index contributed by atoms with van der Waals surface area (Å²) < 4.78 is 47.0. The van der Waals surface area contributed by atoms with Crippen LogP contribution in [0.25, 0.3) is 61.0 Å². The van der Waals surface area contributed by atoms with E-state index in [9.17, 15) is 19.2 Å². The zero-order valence-corrected chi connectivity index (χ0v) is 60.5. The van der Waals surface area contributed by atoms with Crippen LogP contribution in [0.3, 0.4) is 0 Å². The maximum atomic E-state index is 11.9. The van der Waals surface area contributed by atoms with Crippen LogP contribution < -0.4 is 23.7 Å². The normalized spacial score (nSPS) is 10.3. The molecule has 0 amide bonds. The zero-order chi connectivity index (χ0) is 75.7. The van der Waals surface area contributed by atoms with Crippen LogP contribution in [0, 0.1) is 35.0 Å². The van der Waals surface area contributed by atoms with Crippen molar-refractivity contribution < 1.29 is 61.8 Å². The molecule has 0 spiro atoms. The van der Waals surface area contributed by atoms with Gasteiger partial charge in [-0.1, -0.05) is 209 Å². The van der Waals surface area contributed by atoms with E-state index >= 15 is 0 Å². The maximum Gasteiger partial charge on any atom is 0.335 e. The Bertz CT molecular complexity index is 5030. The number of carbonyl (C=O) groups excluding carboxylic acids is 4. The van der Waals surface area contributed by atoms with Gasteiger partial charge in [-0.2, -0.15) is 5.26 Å². The summed E-state index contributed by atoms with van der Waals surface area (Å²) in [5, 5.41) is 13.0. The van der Waals surface area contributed by atoms with E-state index < -0.39 is 23.9 Å². The quantitative estimate of drug-likeness (QED) is 0.00952. The number of ether oxygens (including phenoxy) is 9. The highest BCUT2D eigenvalue weighted by molar-refractivity contribution is 6.10. The van der Waals surface area contributed by atoms with Crippen molar-refractivity contribution >= 4 is 51.5 Å². The van der Waals surface area contributed by atoms with Crippen molar-refractivity contribution in [2.24, 2.45) is 0 Å². The van der Waals surface area contributed by atoms with Crippen LogP contribution in [0.4, 0.5) is 0 Å². The molecule has 0 N–H and O–H groups in total. The summed E-state index contributed by atoms with van der Waals surface area (Å²) in [6.07, 6.45) is 7.96. The van der Waals surface area contributed by atoms with E-state index in [1.54, 1.807) is 70.4 Å². The van der Waals surface area contributed by atoms with Crippen LogP contribution >= 0.6 is 0 Å². The number of unbranched alkanes of at least 4 members (excludes halogenated alkanes) is 2. The van der Waals surface area contributed by atoms with Gasteiger partial charge < -0.3 is 42.6 Å². The minimum Gasteiger partial charge on any atom is -0.497 e. The fourth-order valence-corrected chi connectivity index (χ4v) is 10.5. The lowest BCUT2D eigenvalue weighted by Crippen LogP contribution is -2.10. The molecule has 0 heterocycles. The fourth-order valence-electron chi connectivity index (χ4n) is 10.5. The first-order valence-corrected chi connectivity index (χ1v) is 34.6. The Hall–Kier alpha value is -13.6. The number of hydrogen-bond acceptors (Lipinski definition) is 14. The van der Waals surface area contributed by atoms with Gasteiger partial charge in [0.1, 0.15) is 42.0 Å². The second kappa shape index (κ2) is 40.3. The standard InChI is InChI=1S/C46H38O3.C29H28O7.C18H15NO3/c1-4-5-6-11-34-16-24-37(25-17-34)38-26-18-35(19-27-38)22-30-44-40-12-7-9-14-42(40)45(43-15-10-8-13-41(43)44)31-23-36-20-28-39(29-21-36)48-32-49-46(47)33(2)3;1-21(2)29(31)36-20-35-27-15-9-24(10-16-27)23-7-13-26(14-8-23)33-18-19-34-28(30)17-6-22-4-11-25(32-3)12-5-22;1-13(2)18(20)22-12-21-17-9-7-16(8-10-17)15-5-3-14(11-19)4-6-15/h7-10,12-21,24-29H,2,4-6,11,32H2,1,3H3;4-17H,1,18-20H2,2-3H3;3-10H,1,12H2,2H3/b;17-6+;. The molecule has 0 saturated heterocycles. The molecule has 0 unspecified atom stereocenters. The minimum absolute atomic E-state index is 0.136. The number of benzene rings is 11. The van der Waals surface area contributed by atoms with Gasteiger partial charge in [0.15, 0.2) is 0 Å². The monoisotopic (exact) mass is 1420 g/mol. The Balaban J connectivity index is 0.000000200. The molecular formula is C93H81NO13. The van der Waals surface area contributed by atoms with Crippen LogP contribution in [0.2, 0.25) is 0 Å². The average molecular weight is 1420 g/mol. The third-order valence-corrected chi connectivity index (χ3v) is 16.4. The van der Waals surface area contributed by atoms with Crippen LogP contribution in [0.5, 0.6) is 28.7 Å². The molecule has 14 nitrogen and oxygen atoms in total. The molecule has 11 aromatic carbocycles. The topological polar surface area (TPSA) is 175 Å². The third-order valence-electron chi connectivity index (χ3n) is 16.4. The van der Waals surface area contributed by atoms with E-state index in [-0.39, 0.29) is 33.6 Å². The third kappa shape index (κ3) is 24.0. The molecule has 0 aliphatic heterocycles. The highest BCUT2D eigenvalue weighted by atomic mass is 16.7. The van der Waals surface area contributed by atoms with Crippen molar-refractivity contribution in [3.63, 3.8) is 0 Å². The lowest BCUT2D eigenvalue weighted by atomic mass is 9.91. The Labute approximate surface area is 625 Å². The first-order valence-electron chi connectivity index (χ1n) is 34.6. The van der Waals surface area contributed by atoms with Gasteiger partial charge in [0, 0.05) is 45.0 Å². The summed E-state index contributed by atoms with van der Waals surface area (Å²) in [5.74, 6) is 15.1. The van der Waals surface area contributed by atoms with Crippen molar-refractivity contribution in [3.05, 3.63) is 324 Å². The predicted octanol–water partition coefficient (Wildman–Crippen LogP) is 19.8. The Kier molecular flexibility index (Phi) is 29.2. The molecule has 0 saturated carbocycles. The minimum atomic E-state index is -0.492. The molecule has 14 heteroatoms. The molecule has 107 heavy (non-hydrogen) atoms. The van der Waals surface area contributed by atoms with Crippen molar-refractivity contribution in [2.45, 2.75) is 53.4 Å². The number of methoxy groups -OCH3 is 1. The summed E-state index contributed by atoms with van der Waals surface area (Å²) in [6.45, 7) is 17.4. The van der Waals surface area contributed by atoms with Gasteiger partial charge in [0.2, 0.25) is 20.4 Å². The lowest BCUT2D eigenvalue weighted by Gasteiger charge is -2.10. The summed E-state index contributed by atoms with van der Waals surface area (Å²) in [6, 6.07) is 80.7. The zero-order valence-electron chi connectivity index (χ0n) is 60.5. The molecule has 11 aromatic rings. The van der Waals surface area contributed by atoms with Gasteiger partial charge in [-0.05, 0) is 203 Å². The van der Waals surface area contributed by atoms with Crippen molar-refractivity contribution in [1.82, 2.24) is 0 Å². The SMILES string of the molecule is C=C(C)C(=O)OCOc1ccc(-c2ccc(C#N)cc2)cc1.C=C(C)C(=O)OCOc1ccc(-c2ccc(OCCOC(=O)/C=C/c3ccc(OC)cc3)cc2)cc1.C=C(C)C(=O)OCOc1ccc(C#Cc2c3ccccc3c(C#Cc3ccc(-c4ccc(CCCCC)cc4)cc3)c3ccccc23)cc1. The molecule has 0 fully saturated rings. The molecule has 0 aromatic heterocycles. The van der Waals surface area contributed by atoms with Crippen molar-refractivity contribution in [2.75, 3.05) is 40.7 Å². The number of nitrogens with zero attached hydrogens (tertiary/aromatic N) is 1. The summed E-state index contributed by atoms with van der Waals surface area (Å²) in [5.41, 5.74) is 14.1.